The fraction of sp³-hybridized carbons (Fsp3) is 0.857. The Morgan fingerprint density at radius 1 is 1.08 bits per heavy atom. The van der Waals surface area contributed by atoms with Crippen LogP contribution in [-0.4, -0.2) is 23.8 Å². The van der Waals surface area contributed by atoms with Gasteiger partial charge in [0, 0.05) is 12.7 Å². The maximum Gasteiger partial charge on any atom is 0.327 e. The number of carboxylic acid groups (broad SMARTS) is 1. The average molecular weight is 337 g/mol. The standard InChI is InChI=1S/C21H36O3/c1-2-3-4-7-10-15-24-21-18-14-13-17(16-18)19(21)11-8-5-6-9-12-20(22)23/h9,12,17-19,21H,2-8,10-11,13-16H2,1H3,(H,22,23)/b12-9-/t17-,18+,19-,21+/m0/s1. The summed E-state index contributed by atoms with van der Waals surface area (Å²) in [4.78, 5) is 10.5. The van der Waals surface area contributed by atoms with Gasteiger partial charge in [0.15, 0.2) is 0 Å². The van der Waals surface area contributed by atoms with Crippen LogP contribution in [0, 0.1) is 17.8 Å². The molecule has 0 aromatic carbocycles. The molecule has 24 heavy (non-hydrogen) atoms. The summed E-state index contributed by atoms with van der Waals surface area (Å²) >= 11 is 0. The van der Waals surface area contributed by atoms with Crippen LogP contribution in [0.15, 0.2) is 12.2 Å². The van der Waals surface area contributed by atoms with Gasteiger partial charge in [-0.3, -0.25) is 0 Å². The second-order valence-corrected chi connectivity index (χ2v) is 7.77. The Kier molecular flexibility index (Phi) is 8.87. The molecule has 0 amide bonds. The fourth-order valence-corrected chi connectivity index (χ4v) is 4.77. The summed E-state index contributed by atoms with van der Waals surface area (Å²) in [5.41, 5.74) is 0. The summed E-state index contributed by atoms with van der Waals surface area (Å²) in [7, 11) is 0. The third kappa shape index (κ3) is 6.23. The maximum absolute atomic E-state index is 10.5. The predicted octanol–water partition coefficient (Wildman–Crippen LogP) is 5.59. The van der Waals surface area contributed by atoms with Crippen LogP contribution in [0.1, 0.15) is 84.0 Å². The number of hydrogen-bond donors (Lipinski definition) is 1. The smallest absolute Gasteiger partial charge is 0.327 e. The zero-order valence-corrected chi connectivity index (χ0v) is 15.4. The number of rotatable bonds is 13. The van der Waals surface area contributed by atoms with Crippen molar-refractivity contribution < 1.29 is 14.6 Å². The lowest BCUT2D eigenvalue weighted by molar-refractivity contribution is -0.131. The molecule has 1 N–H and O–H groups in total. The Morgan fingerprint density at radius 2 is 1.88 bits per heavy atom. The molecule has 0 aromatic heterocycles. The quantitative estimate of drug-likeness (QED) is 0.352. The van der Waals surface area contributed by atoms with Gasteiger partial charge >= 0.3 is 5.97 Å². The molecule has 0 unspecified atom stereocenters. The van der Waals surface area contributed by atoms with Gasteiger partial charge in [-0.1, -0.05) is 45.1 Å². The van der Waals surface area contributed by atoms with Crippen molar-refractivity contribution in [2.75, 3.05) is 6.61 Å². The van der Waals surface area contributed by atoms with Crippen molar-refractivity contribution >= 4 is 5.97 Å². The van der Waals surface area contributed by atoms with E-state index in [-0.39, 0.29) is 0 Å². The minimum absolute atomic E-state index is 0.518. The minimum Gasteiger partial charge on any atom is -0.478 e. The van der Waals surface area contributed by atoms with Crippen molar-refractivity contribution in [1.82, 2.24) is 0 Å². The van der Waals surface area contributed by atoms with E-state index in [9.17, 15) is 4.79 Å². The van der Waals surface area contributed by atoms with E-state index in [4.69, 9.17) is 9.84 Å². The molecule has 2 fully saturated rings. The number of hydrogen-bond acceptors (Lipinski definition) is 2. The normalized spacial score (nSPS) is 28.9. The van der Waals surface area contributed by atoms with E-state index in [1.165, 1.54) is 70.3 Å². The Balaban J connectivity index is 1.63. The molecule has 0 radical (unpaired) electrons. The number of allylic oxidation sites excluding steroid dienone is 1. The van der Waals surface area contributed by atoms with E-state index in [0.717, 1.165) is 37.2 Å². The molecule has 2 aliphatic carbocycles. The van der Waals surface area contributed by atoms with Crippen LogP contribution < -0.4 is 0 Å². The zero-order valence-electron chi connectivity index (χ0n) is 15.4. The van der Waals surface area contributed by atoms with E-state index >= 15 is 0 Å². The first-order valence-corrected chi connectivity index (χ1v) is 10.2. The molecule has 2 saturated carbocycles. The maximum atomic E-state index is 10.5. The second-order valence-electron chi connectivity index (χ2n) is 7.77. The molecule has 2 aliphatic rings. The molecule has 0 saturated heterocycles. The summed E-state index contributed by atoms with van der Waals surface area (Å²) in [6.45, 7) is 3.21. The third-order valence-electron chi connectivity index (χ3n) is 5.98. The molecular weight excluding hydrogens is 300 g/mol. The monoisotopic (exact) mass is 336 g/mol. The number of ether oxygens (including phenoxy) is 1. The first-order chi connectivity index (χ1) is 11.7. The molecule has 0 aliphatic heterocycles. The molecular formula is C21H36O3. The topological polar surface area (TPSA) is 46.5 Å². The Bertz CT molecular complexity index is 391. The highest BCUT2D eigenvalue weighted by Gasteiger charge is 2.47. The molecule has 0 aromatic rings. The van der Waals surface area contributed by atoms with Crippen LogP contribution in [-0.2, 0) is 9.53 Å². The van der Waals surface area contributed by atoms with Gasteiger partial charge in [-0.2, -0.15) is 0 Å². The molecule has 3 nitrogen and oxygen atoms in total. The Labute approximate surface area is 147 Å². The average Bonchev–Trinajstić information content (AvgIpc) is 3.15. The van der Waals surface area contributed by atoms with Gasteiger partial charge in [0.2, 0.25) is 0 Å². The van der Waals surface area contributed by atoms with Crippen molar-refractivity contribution in [3.63, 3.8) is 0 Å². The zero-order chi connectivity index (χ0) is 17.2. The van der Waals surface area contributed by atoms with Gasteiger partial charge in [0.1, 0.15) is 0 Å². The number of fused-ring (bicyclic) bond motifs is 2. The Hall–Kier alpha value is -0.830. The largest absolute Gasteiger partial charge is 0.478 e. The highest BCUT2D eigenvalue weighted by Crippen LogP contribution is 2.51. The summed E-state index contributed by atoms with van der Waals surface area (Å²) < 4.78 is 6.35. The first kappa shape index (κ1) is 19.5. The fourth-order valence-electron chi connectivity index (χ4n) is 4.77. The Morgan fingerprint density at radius 3 is 2.67 bits per heavy atom. The van der Waals surface area contributed by atoms with Gasteiger partial charge in [-0.15, -0.1) is 0 Å². The van der Waals surface area contributed by atoms with E-state index in [0.29, 0.717) is 6.10 Å². The van der Waals surface area contributed by atoms with E-state index in [2.05, 4.69) is 6.92 Å². The lowest BCUT2D eigenvalue weighted by Crippen LogP contribution is -2.30. The van der Waals surface area contributed by atoms with Crippen molar-refractivity contribution in [2.24, 2.45) is 17.8 Å². The summed E-state index contributed by atoms with van der Waals surface area (Å²) in [6.07, 6.45) is 18.7. The van der Waals surface area contributed by atoms with Crippen molar-refractivity contribution in [3.8, 4) is 0 Å². The van der Waals surface area contributed by atoms with Gasteiger partial charge in [0.05, 0.1) is 6.10 Å². The number of unbranched alkanes of at least 4 members (excludes halogenated alkanes) is 6. The number of aliphatic carboxylic acids is 1. The molecule has 3 heteroatoms. The molecule has 0 heterocycles. The van der Waals surface area contributed by atoms with Crippen LogP contribution in [0.2, 0.25) is 0 Å². The predicted molar refractivity (Wildman–Crippen MR) is 98.1 cm³/mol. The minimum atomic E-state index is -0.837. The summed E-state index contributed by atoms with van der Waals surface area (Å²) in [6, 6.07) is 0. The van der Waals surface area contributed by atoms with Crippen LogP contribution in [0.4, 0.5) is 0 Å². The van der Waals surface area contributed by atoms with Crippen molar-refractivity contribution in [1.29, 1.82) is 0 Å². The summed E-state index contributed by atoms with van der Waals surface area (Å²) in [5.74, 6) is 1.65. The van der Waals surface area contributed by atoms with Crippen LogP contribution >= 0.6 is 0 Å². The van der Waals surface area contributed by atoms with Crippen LogP contribution in [0.25, 0.3) is 0 Å². The molecule has 2 bridgehead atoms. The molecule has 2 rings (SSSR count). The van der Waals surface area contributed by atoms with Crippen molar-refractivity contribution in [2.45, 2.75) is 90.1 Å². The lowest BCUT2D eigenvalue weighted by Gasteiger charge is -2.31. The second kappa shape index (κ2) is 10.9. The lowest BCUT2D eigenvalue weighted by atomic mass is 9.82. The van der Waals surface area contributed by atoms with Gasteiger partial charge in [-0.05, 0) is 62.7 Å². The SMILES string of the molecule is CCCCCCCO[C@@H]1[C@@H]2CC[C@@H](C2)[C@@H]1CCCC/C=C\C(=O)O. The molecule has 4 atom stereocenters. The summed E-state index contributed by atoms with van der Waals surface area (Å²) in [5, 5.41) is 8.60. The van der Waals surface area contributed by atoms with Crippen molar-refractivity contribution in [3.05, 3.63) is 12.2 Å². The van der Waals surface area contributed by atoms with Gasteiger partial charge in [-0.25, -0.2) is 4.79 Å². The highest BCUT2D eigenvalue weighted by atomic mass is 16.5. The third-order valence-corrected chi connectivity index (χ3v) is 5.98. The molecule has 0 spiro atoms. The van der Waals surface area contributed by atoms with E-state index in [1.807, 2.05) is 0 Å². The van der Waals surface area contributed by atoms with Gasteiger partial charge < -0.3 is 9.84 Å². The molecule has 138 valence electrons. The van der Waals surface area contributed by atoms with E-state index < -0.39 is 5.97 Å². The number of carboxylic acids is 1. The van der Waals surface area contributed by atoms with E-state index in [1.54, 1.807) is 6.08 Å². The van der Waals surface area contributed by atoms with Gasteiger partial charge in [0.25, 0.3) is 0 Å². The number of carbonyl (C=O) groups is 1. The highest BCUT2D eigenvalue weighted by molar-refractivity contribution is 5.79. The van der Waals surface area contributed by atoms with Crippen LogP contribution in [0.3, 0.4) is 0 Å². The first-order valence-electron chi connectivity index (χ1n) is 10.2. The van der Waals surface area contributed by atoms with Crippen LogP contribution in [0.5, 0.6) is 0 Å².